The highest BCUT2D eigenvalue weighted by Gasteiger charge is 2.39. The van der Waals surface area contributed by atoms with Crippen molar-refractivity contribution < 1.29 is 24.2 Å². The summed E-state index contributed by atoms with van der Waals surface area (Å²) in [6.45, 7) is 10.7. The van der Waals surface area contributed by atoms with E-state index in [9.17, 15) is 19.5 Å². The van der Waals surface area contributed by atoms with Crippen LogP contribution in [0.4, 0.5) is 10.5 Å². The fraction of sp³-hybridized carbons (Fsp3) is 0.324. The van der Waals surface area contributed by atoms with Gasteiger partial charge in [0, 0.05) is 23.7 Å². The van der Waals surface area contributed by atoms with Crippen LogP contribution in [0.15, 0.2) is 72.8 Å². The van der Waals surface area contributed by atoms with Gasteiger partial charge in [-0.15, -0.1) is 6.42 Å². The molecule has 0 aliphatic heterocycles. The SMILES string of the molecule is C#Cc1ccccc1C(C(=O)Nc1ccccc1C)N(C(=O)C(Cc1ccc(O)cc1)NC(=O)OC(C)(C)C)C(C)C. The Bertz CT molecular complexity index is 1450. The van der Waals surface area contributed by atoms with Gasteiger partial charge in [-0.3, -0.25) is 9.59 Å². The summed E-state index contributed by atoms with van der Waals surface area (Å²) in [7, 11) is 0. The molecule has 3 rings (SSSR count). The van der Waals surface area contributed by atoms with Gasteiger partial charge in [-0.25, -0.2) is 4.79 Å². The second-order valence-electron chi connectivity index (χ2n) is 11.3. The van der Waals surface area contributed by atoms with Crippen LogP contribution < -0.4 is 10.6 Å². The van der Waals surface area contributed by atoms with Gasteiger partial charge >= 0.3 is 6.09 Å². The Balaban J connectivity index is 2.11. The number of terminal acetylenes is 1. The third-order valence-corrected chi connectivity index (χ3v) is 6.52. The second-order valence-corrected chi connectivity index (χ2v) is 11.3. The summed E-state index contributed by atoms with van der Waals surface area (Å²) in [5, 5.41) is 15.5. The van der Waals surface area contributed by atoms with Gasteiger partial charge < -0.3 is 25.4 Å². The highest BCUT2D eigenvalue weighted by molar-refractivity contribution is 6.00. The molecule has 0 saturated carbocycles. The third-order valence-electron chi connectivity index (χ3n) is 6.52. The van der Waals surface area contributed by atoms with Crippen LogP contribution in [0.3, 0.4) is 0 Å². The average molecular weight is 570 g/mol. The van der Waals surface area contributed by atoms with Crippen LogP contribution >= 0.6 is 0 Å². The number of phenols is 1. The Morgan fingerprint density at radius 3 is 2.19 bits per heavy atom. The maximum absolute atomic E-state index is 14.5. The molecule has 0 aliphatic carbocycles. The first-order valence-electron chi connectivity index (χ1n) is 13.8. The van der Waals surface area contributed by atoms with E-state index in [2.05, 4.69) is 16.6 Å². The lowest BCUT2D eigenvalue weighted by Gasteiger charge is -2.37. The van der Waals surface area contributed by atoms with Gasteiger partial charge in [0.05, 0.1) is 0 Å². The van der Waals surface area contributed by atoms with Crippen LogP contribution in [-0.2, 0) is 20.7 Å². The number of aryl methyl sites for hydroxylation is 1. The number of rotatable bonds is 9. The number of carbonyl (C=O) groups is 3. The molecule has 3 amide bonds. The lowest BCUT2D eigenvalue weighted by atomic mass is 9.95. The first-order valence-corrected chi connectivity index (χ1v) is 13.8. The molecule has 8 heteroatoms. The molecule has 0 heterocycles. The molecule has 0 radical (unpaired) electrons. The predicted molar refractivity (Wildman–Crippen MR) is 164 cm³/mol. The number of hydrogen-bond acceptors (Lipinski definition) is 5. The third kappa shape index (κ3) is 8.37. The van der Waals surface area contributed by atoms with Crippen molar-refractivity contribution >= 4 is 23.6 Å². The fourth-order valence-corrected chi connectivity index (χ4v) is 4.58. The Morgan fingerprint density at radius 2 is 1.60 bits per heavy atom. The number of benzene rings is 3. The van der Waals surface area contributed by atoms with E-state index in [-0.39, 0.29) is 12.2 Å². The number of carbonyl (C=O) groups excluding carboxylic acids is 3. The van der Waals surface area contributed by atoms with Crippen molar-refractivity contribution in [2.75, 3.05) is 5.32 Å². The molecule has 8 nitrogen and oxygen atoms in total. The lowest BCUT2D eigenvalue weighted by Crippen LogP contribution is -2.55. The highest BCUT2D eigenvalue weighted by atomic mass is 16.6. The molecular weight excluding hydrogens is 530 g/mol. The topological polar surface area (TPSA) is 108 Å². The van der Waals surface area contributed by atoms with Crippen LogP contribution in [0.1, 0.15) is 62.9 Å². The number of phenolic OH excluding ortho intramolecular Hbond substituents is 1. The minimum absolute atomic E-state index is 0.0735. The van der Waals surface area contributed by atoms with Crippen molar-refractivity contribution in [3.05, 3.63) is 95.1 Å². The van der Waals surface area contributed by atoms with Crippen LogP contribution in [0, 0.1) is 19.3 Å². The first kappa shape index (κ1) is 31.8. The fourth-order valence-electron chi connectivity index (χ4n) is 4.58. The normalized spacial score (nSPS) is 12.5. The van der Waals surface area contributed by atoms with Crippen LogP contribution in [-0.4, -0.2) is 45.6 Å². The number of ether oxygens (including phenoxy) is 1. The summed E-state index contributed by atoms with van der Waals surface area (Å²) in [6, 6.07) is 18.0. The van der Waals surface area contributed by atoms with Crippen molar-refractivity contribution in [1.29, 1.82) is 0 Å². The molecule has 42 heavy (non-hydrogen) atoms. The zero-order chi connectivity index (χ0) is 31.0. The first-order chi connectivity index (χ1) is 19.8. The summed E-state index contributed by atoms with van der Waals surface area (Å²) in [5.41, 5.74) is 2.31. The van der Waals surface area contributed by atoms with E-state index in [1.54, 1.807) is 77.1 Å². The number of anilines is 1. The molecule has 220 valence electrons. The Morgan fingerprint density at radius 1 is 0.976 bits per heavy atom. The minimum atomic E-state index is -1.12. The van der Waals surface area contributed by atoms with Crippen LogP contribution in [0.25, 0.3) is 0 Å². The maximum atomic E-state index is 14.5. The van der Waals surface area contributed by atoms with Crippen molar-refractivity contribution in [3.8, 4) is 18.1 Å². The van der Waals surface area contributed by atoms with Crippen molar-refractivity contribution in [2.24, 2.45) is 0 Å². The smallest absolute Gasteiger partial charge is 0.408 e. The molecule has 0 aromatic heterocycles. The molecule has 0 fully saturated rings. The highest BCUT2D eigenvalue weighted by Crippen LogP contribution is 2.30. The van der Waals surface area contributed by atoms with E-state index in [0.717, 1.165) is 5.56 Å². The van der Waals surface area contributed by atoms with Gasteiger partial charge in [-0.1, -0.05) is 54.5 Å². The zero-order valence-electron chi connectivity index (χ0n) is 25.0. The number of amides is 3. The monoisotopic (exact) mass is 569 g/mol. The Kier molecular flexibility index (Phi) is 10.4. The maximum Gasteiger partial charge on any atom is 0.408 e. The molecular formula is C34H39N3O5. The van der Waals surface area contributed by atoms with E-state index >= 15 is 0 Å². The molecule has 3 aromatic rings. The van der Waals surface area contributed by atoms with Gasteiger partial charge in [0.2, 0.25) is 5.91 Å². The van der Waals surface area contributed by atoms with E-state index < -0.39 is 41.6 Å². The van der Waals surface area contributed by atoms with Gasteiger partial charge in [-0.2, -0.15) is 0 Å². The van der Waals surface area contributed by atoms with Gasteiger partial charge in [0.1, 0.15) is 23.4 Å². The van der Waals surface area contributed by atoms with E-state index in [0.29, 0.717) is 22.4 Å². The average Bonchev–Trinajstić information content (AvgIpc) is 2.92. The van der Waals surface area contributed by atoms with E-state index in [1.807, 2.05) is 25.1 Å². The van der Waals surface area contributed by atoms with Crippen molar-refractivity contribution in [2.45, 2.75) is 71.7 Å². The number of aromatic hydroxyl groups is 1. The van der Waals surface area contributed by atoms with E-state index in [4.69, 9.17) is 11.2 Å². The largest absolute Gasteiger partial charge is 0.508 e. The summed E-state index contributed by atoms with van der Waals surface area (Å²) in [5.74, 6) is 1.76. The molecule has 3 N–H and O–H groups in total. The molecule has 0 bridgehead atoms. The van der Waals surface area contributed by atoms with E-state index in [1.165, 1.54) is 17.0 Å². The number of nitrogens with one attached hydrogen (secondary N) is 2. The summed E-state index contributed by atoms with van der Waals surface area (Å²) >= 11 is 0. The summed E-state index contributed by atoms with van der Waals surface area (Å²) in [4.78, 5) is 42.9. The molecule has 3 aromatic carbocycles. The zero-order valence-corrected chi connectivity index (χ0v) is 25.0. The standard InChI is InChI=1S/C34H39N3O5/c1-8-25-14-10-11-15-27(25)30(31(39)35-28-16-12-9-13-23(28)4)37(22(2)3)32(40)29(36-33(41)42-34(5,6)7)21-24-17-19-26(38)20-18-24/h1,9-20,22,29-30,38H,21H2,2-7H3,(H,35,39)(H,36,41). The quantitative estimate of drug-likeness (QED) is 0.285. The molecule has 0 spiro atoms. The lowest BCUT2D eigenvalue weighted by molar-refractivity contribution is -0.142. The molecule has 0 saturated heterocycles. The number of nitrogens with zero attached hydrogens (tertiary/aromatic N) is 1. The van der Waals surface area contributed by atoms with Crippen molar-refractivity contribution in [3.63, 3.8) is 0 Å². The number of hydrogen-bond donors (Lipinski definition) is 3. The second kappa shape index (κ2) is 13.7. The molecule has 2 atom stereocenters. The van der Waals surface area contributed by atoms with Gasteiger partial charge in [-0.05, 0) is 82.5 Å². The van der Waals surface area contributed by atoms with Gasteiger partial charge in [0.15, 0.2) is 0 Å². The summed E-state index contributed by atoms with van der Waals surface area (Å²) < 4.78 is 5.47. The van der Waals surface area contributed by atoms with Crippen LogP contribution in [0.5, 0.6) is 5.75 Å². The minimum Gasteiger partial charge on any atom is -0.508 e. The molecule has 0 aliphatic rings. The Labute approximate surface area is 248 Å². The predicted octanol–water partition coefficient (Wildman–Crippen LogP) is 5.73. The number of para-hydroxylation sites is 1. The van der Waals surface area contributed by atoms with Crippen LogP contribution in [0.2, 0.25) is 0 Å². The van der Waals surface area contributed by atoms with Gasteiger partial charge in [0.25, 0.3) is 5.91 Å². The number of alkyl carbamates (subject to hydrolysis) is 1. The Hall–Kier alpha value is -4.77. The van der Waals surface area contributed by atoms with Crippen molar-refractivity contribution in [1.82, 2.24) is 10.2 Å². The summed E-state index contributed by atoms with van der Waals surface area (Å²) in [6.07, 6.45) is 5.15. The molecule has 2 unspecified atom stereocenters.